The average Bonchev–Trinajstić information content (AvgIpc) is 2.45. The minimum absolute atomic E-state index is 0.0436. The van der Waals surface area contributed by atoms with E-state index in [0.29, 0.717) is 23.6 Å². The lowest BCUT2D eigenvalue weighted by atomic mass is 10.1. The van der Waals surface area contributed by atoms with Gasteiger partial charge in [-0.2, -0.15) is 0 Å². The van der Waals surface area contributed by atoms with Crippen molar-refractivity contribution in [2.45, 2.75) is 13.3 Å². The van der Waals surface area contributed by atoms with Crippen LogP contribution in [0.2, 0.25) is 0 Å². The van der Waals surface area contributed by atoms with Crippen molar-refractivity contribution < 1.29 is 9.31 Å². The molecule has 104 valence electrons. The van der Waals surface area contributed by atoms with Gasteiger partial charge in [0.15, 0.2) is 0 Å². The second-order valence-corrected chi connectivity index (χ2v) is 4.29. The molecule has 0 bridgehead atoms. The van der Waals surface area contributed by atoms with E-state index in [1.165, 1.54) is 24.3 Å². The maximum absolute atomic E-state index is 12.9. The first-order valence-corrected chi connectivity index (χ1v) is 6.26. The third kappa shape index (κ3) is 3.28. The van der Waals surface area contributed by atoms with Crippen LogP contribution in [0.1, 0.15) is 13.3 Å². The Morgan fingerprint density at radius 1 is 1.30 bits per heavy atom. The molecule has 0 aliphatic heterocycles. The fourth-order valence-electron chi connectivity index (χ4n) is 1.73. The molecule has 20 heavy (non-hydrogen) atoms. The maximum atomic E-state index is 12.9. The second-order valence-electron chi connectivity index (χ2n) is 4.29. The lowest BCUT2D eigenvalue weighted by Gasteiger charge is -2.07. The van der Waals surface area contributed by atoms with Crippen molar-refractivity contribution in [1.29, 1.82) is 0 Å². The number of hydrogen-bond donors (Lipinski definition) is 1. The fourth-order valence-corrected chi connectivity index (χ4v) is 1.73. The van der Waals surface area contributed by atoms with Crippen molar-refractivity contribution in [2.24, 2.45) is 0 Å². The molecule has 0 atom stereocenters. The highest BCUT2D eigenvalue weighted by Gasteiger charge is 2.12. The highest BCUT2D eigenvalue weighted by atomic mass is 19.1. The molecule has 0 radical (unpaired) electrons. The van der Waals surface area contributed by atoms with Crippen LogP contribution < -0.4 is 5.32 Å². The summed E-state index contributed by atoms with van der Waals surface area (Å²) in [6.07, 6.45) is 0.885. The first kappa shape index (κ1) is 13.9. The predicted octanol–water partition coefficient (Wildman–Crippen LogP) is 3.62. The Balaban J connectivity index is 2.43. The number of nitrogens with one attached hydrogen (secondary N) is 1. The summed E-state index contributed by atoms with van der Waals surface area (Å²) in [5.74, 6) is 0.0869. The molecule has 2 aromatic rings. The number of pyridine rings is 1. The van der Waals surface area contributed by atoms with Crippen molar-refractivity contribution >= 4 is 11.5 Å². The number of halogens is 1. The zero-order valence-electron chi connectivity index (χ0n) is 11.0. The monoisotopic (exact) mass is 275 g/mol. The topological polar surface area (TPSA) is 68.1 Å². The number of hydrogen-bond acceptors (Lipinski definition) is 4. The van der Waals surface area contributed by atoms with Crippen LogP contribution in [0.3, 0.4) is 0 Å². The Morgan fingerprint density at radius 3 is 2.60 bits per heavy atom. The Kier molecular flexibility index (Phi) is 4.24. The summed E-state index contributed by atoms with van der Waals surface area (Å²) in [4.78, 5) is 14.8. The summed E-state index contributed by atoms with van der Waals surface area (Å²) in [5, 5.41) is 14.0. The molecule has 1 heterocycles. The largest absolute Gasteiger partial charge is 0.370 e. The summed E-state index contributed by atoms with van der Waals surface area (Å²) in [6, 6.07) is 8.47. The molecule has 0 spiro atoms. The molecule has 2 rings (SSSR count). The van der Waals surface area contributed by atoms with Gasteiger partial charge in [0.2, 0.25) is 0 Å². The molecule has 0 aliphatic carbocycles. The van der Waals surface area contributed by atoms with Crippen molar-refractivity contribution in [3.8, 4) is 11.3 Å². The van der Waals surface area contributed by atoms with E-state index in [2.05, 4.69) is 10.3 Å². The quantitative estimate of drug-likeness (QED) is 0.668. The van der Waals surface area contributed by atoms with E-state index < -0.39 is 4.92 Å². The molecule has 1 N–H and O–H groups in total. The van der Waals surface area contributed by atoms with Crippen LogP contribution in [0.5, 0.6) is 0 Å². The molecule has 1 aromatic carbocycles. The van der Waals surface area contributed by atoms with Gasteiger partial charge in [0.05, 0.1) is 16.7 Å². The number of rotatable bonds is 5. The molecule has 0 aliphatic rings. The zero-order chi connectivity index (χ0) is 14.5. The Morgan fingerprint density at radius 2 is 2.00 bits per heavy atom. The van der Waals surface area contributed by atoms with Crippen LogP contribution in [-0.2, 0) is 0 Å². The molecular formula is C14H14FN3O2. The van der Waals surface area contributed by atoms with Crippen molar-refractivity contribution in [2.75, 3.05) is 11.9 Å². The van der Waals surface area contributed by atoms with Crippen LogP contribution in [0, 0.1) is 15.9 Å². The molecule has 6 heteroatoms. The van der Waals surface area contributed by atoms with E-state index in [-0.39, 0.29) is 11.5 Å². The van der Waals surface area contributed by atoms with Crippen LogP contribution in [0.15, 0.2) is 36.4 Å². The van der Waals surface area contributed by atoms with E-state index in [4.69, 9.17) is 0 Å². The molecule has 0 amide bonds. The maximum Gasteiger partial charge on any atom is 0.275 e. The number of nitro groups is 1. The molecular weight excluding hydrogens is 261 g/mol. The van der Waals surface area contributed by atoms with Crippen molar-refractivity contribution in [1.82, 2.24) is 4.98 Å². The predicted molar refractivity (Wildman–Crippen MR) is 75.1 cm³/mol. The van der Waals surface area contributed by atoms with Gasteiger partial charge in [-0.3, -0.25) is 10.1 Å². The van der Waals surface area contributed by atoms with Gasteiger partial charge in [-0.15, -0.1) is 0 Å². The standard InChI is InChI=1S/C14H14FN3O2/c1-2-7-16-14-9-12(18(19)20)8-13(17-14)10-3-5-11(15)6-4-10/h3-6,8-9H,2,7H2,1H3,(H,16,17). The smallest absolute Gasteiger partial charge is 0.275 e. The average molecular weight is 275 g/mol. The summed E-state index contributed by atoms with van der Waals surface area (Å²) in [6.45, 7) is 2.67. The van der Waals surface area contributed by atoms with Crippen molar-refractivity contribution in [3.63, 3.8) is 0 Å². The highest BCUT2D eigenvalue weighted by Crippen LogP contribution is 2.25. The van der Waals surface area contributed by atoms with Gasteiger partial charge in [0.25, 0.3) is 5.69 Å². The molecule has 5 nitrogen and oxygen atoms in total. The number of benzene rings is 1. The van der Waals surface area contributed by atoms with Crippen LogP contribution in [-0.4, -0.2) is 16.5 Å². The lowest BCUT2D eigenvalue weighted by Crippen LogP contribution is -2.03. The molecule has 0 saturated heterocycles. The number of anilines is 1. The third-order valence-electron chi connectivity index (χ3n) is 2.72. The number of aromatic nitrogens is 1. The van der Waals surface area contributed by atoms with Gasteiger partial charge < -0.3 is 5.32 Å². The molecule has 0 fully saturated rings. The van der Waals surface area contributed by atoms with E-state index in [1.807, 2.05) is 6.92 Å². The summed E-state index contributed by atoms with van der Waals surface area (Å²) in [7, 11) is 0. The first-order valence-electron chi connectivity index (χ1n) is 6.26. The van der Waals surface area contributed by atoms with Gasteiger partial charge in [-0.05, 0) is 30.7 Å². The van der Waals surface area contributed by atoms with Gasteiger partial charge in [0.1, 0.15) is 11.6 Å². The van der Waals surface area contributed by atoms with Gasteiger partial charge in [-0.1, -0.05) is 6.92 Å². The minimum Gasteiger partial charge on any atom is -0.370 e. The fraction of sp³-hybridized carbons (Fsp3) is 0.214. The van der Waals surface area contributed by atoms with Crippen LogP contribution in [0.4, 0.5) is 15.9 Å². The van der Waals surface area contributed by atoms with Gasteiger partial charge in [0, 0.05) is 18.2 Å². The van der Waals surface area contributed by atoms with Gasteiger partial charge >= 0.3 is 0 Å². The van der Waals surface area contributed by atoms with Crippen LogP contribution in [0.25, 0.3) is 11.3 Å². The van der Waals surface area contributed by atoms with E-state index >= 15 is 0 Å². The van der Waals surface area contributed by atoms with E-state index in [1.54, 1.807) is 12.1 Å². The summed E-state index contributed by atoms with van der Waals surface area (Å²) < 4.78 is 12.9. The first-order chi connectivity index (χ1) is 9.60. The third-order valence-corrected chi connectivity index (χ3v) is 2.72. The summed E-state index contributed by atoms with van der Waals surface area (Å²) >= 11 is 0. The molecule has 0 saturated carbocycles. The Bertz CT molecular complexity index is 614. The van der Waals surface area contributed by atoms with Crippen molar-refractivity contribution in [3.05, 3.63) is 52.3 Å². The second kappa shape index (κ2) is 6.10. The van der Waals surface area contributed by atoms with Gasteiger partial charge in [-0.25, -0.2) is 9.37 Å². The zero-order valence-corrected chi connectivity index (χ0v) is 11.0. The Hall–Kier alpha value is -2.50. The SMILES string of the molecule is CCCNc1cc([N+](=O)[O-])cc(-c2ccc(F)cc2)n1. The van der Waals surface area contributed by atoms with Crippen LogP contribution >= 0.6 is 0 Å². The van der Waals surface area contributed by atoms with E-state index in [0.717, 1.165) is 6.42 Å². The molecule has 0 unspecified atom stereocenters. The number of nitrogens with zero attached hydrogens (tertiary/aromatic N) is 2. The molecule has 1 aromatic heterocycles. The minimum atomic E-state index is -0.466. The van der Waals surface area contributed by atoms with E-state index in [9.17, 15) is 14.5 Å². The summed E-state index contributed by atoms with van der Waals surface area (Å²) in [5.41, 5.74) is 1.03. The lowest BCUT2D eigenvalue weighted by molar-refractivity contribution is -0.384. The normalized spacial score (nSPS) is 10.3. The Labute approximate surface area is 115 Å². The highest BCUT2D eigenvalue weighted by molar-refractivity contribution is 5.65.